The summed E-state index contributed by atoms with van der Waals surface area (Å²) in [4.78, 5) is 7.43. The maximum absolute atomic E-state index is 6.83. The number of fused-ring (bicyclic) bond motifs is 6. The van der Waals surface area contributed by atoms with Crippen molar-refractivity contribution < 1.29 is 0 Å². The number of benzene rings is 2. The fourth-order valence-electron chi connectivity index (χ4n) is 4.83. The fraction of sp³-hybridized carbons (Fsp3) is 0.375. The van der Waals surface area contributed by atoms with Crippen molar-refractivity contribution in [3.05, 3.63) is 47.7 Å². The standard InChI is InChI=1S/C24H28N4/c1-27(2)14-7-15-28-20-13-12-16-8-3-4-9-17(16)21(20)22-23(25)18-10-5-6-11-19(18)26-24(22)28/h3-4,8-9,12-13H,5-7,10-11,14-15H2,1-2H3,(H2,25,26). The van der Waals surface area contributed by atoms with Gasteiger partial charge in [-0.1, -0.05) is 30.3 Å². The third-order valence-corrected chi connectivity index (χ3v) is 6.19. The summed E-state index contributed by atoms with van der Waals surface area (Å²) in [6.07, 6.45) is 5.64. The van der Waals surface area contributed by atoms with Gasteiger partial charge in [-0.05, 0) is 75.1 Å². The molecule has 2 N–H and O–H groups in total. The average molecular weight is 373 g/mol. The Morgan fingerprint density at radius 3 is 2.71 bits per heavy atom. The zero-order valence-corrected chi connectivity index (χ0v) is 16.8. The van der Waals surface area contributed by atoms with Gasteiger partial charge in [0.25, 0.3) is 0 Å². The molecule has 4 heteroatoms. The van der Waals surface area contributed by atoms with Gasteiger partial charge in [-0.2, -0.15) is 0 Å². The molecule has 2 heterocycles. The van der Waals surface area contributed by atoms with Crippen LogP contribution in [0.2, 0.25) is 0 Å². The zero-order chi connectivity index (χ0) is 19.3. The summed E-state index contributed by atoms with van der Waals surface area (Å²) < 4.78 is 2.41. The van der Waals surface area contributed by atoms with Crippen molar-refractivity contribution in [2.45, 2.75) is 38.6 Å². The van der Waals surface area contributed by atoms with Crippen molar-refractivity contribution in [2.75, 3.05) is 26.4 Å². The lowest BCUT2D eigenvalue weighted by Crippen LogP contribution is -2.15. The molecule has 1 aliphatic rings. The predicted molar refractivity (Wildman–Crippen MR) is 119 cm³/mol. The average Bonchev–Trinajstić information content (AvgIpc) is 3.02. The third-order valence-electron chi connectivity index (χ3n) is 6.19. The Morgan fingerprint density at radius 1 is 1.04 bits per heavy atom. The molecule has 28 heavy (non-hydrogen) atoms. The number of aromatic nitrogens is 2. The number of pyridine rings is 1. The Morgan fingerprint density at radius 2 is 1.86 bits per heavy atom. The van der Waals surface area contributed by atoms with Crippen LogP contribution in [0.3, 0.4) is 0 Å². The van der Waals surface area contributed by atoms with Crippen LogP contribution in [0.15, 0.2) is 36.4 Å². The number of hydrogen-bond donors (Lipinski definition) is 1. The van der Waals surface area contributed by atoms with Crippen molar-refractivity contribution in [2.24, 2.45) is 0 Å². The molecule has 0 radical (unpaired) electrons. The maximum Gasteiger partial charge on any atom is 0.143 e. The number of anilines is 1. The van der Waals surface area contributed by atoms with Gasteiger partial charge in [0.2, 0.25) is 0 Å². The van der Waals surface area contributed by atoms with E-state index in [9.17, 15) is 0 Å². The third kappa shape index (κ3) is 2.67. The molecule has 0 aliphatic heterocycles. The number of hydrogen-bond acceptors (Lipinski definition) is 3. The zero-order valence-electron chi connectivity index (χ0n) is 16.8. The summed E-state index contributed by atoms with van der Waals surface area (Å²) in [6.45, 7) is 2.02. The van der Waals surface area contributed by atoms with Gasteiger partial charge in [-0.3, -0.25) is 0 Å². The Balaban J connectivity index is 1.85. The summed E-state index contributed by atoms with van der Waals surface area (Å²) in [6, 6.07) is 13.1. The number of rotatable bonds is 4. The van der Waals surface area contributed by atoms with Gasteiger partial charge in [0, 0.05) is 23.3 Å². The van der Waals surface area contributed by atoms with E-state index in [0.29, 0.717) is 0 Å². The molecule has 0 amide bonds. The number of nitrogens with two attached hydrogens (primary N) is 1. The topological polar surface area (TPSA) is 47.1 Å². The monoisotopic (exact) mass is 372 g/mol. The quantitative estimate of drug-likeness (QED) is 0.562. The van der Waals surface area contributed by atoms with Gasteiger partial charge in [-0.15, -0.1) is 0 Å². The summed E-state index contributed by atoms with van der Waals surface area (Å²) in [5.41, 5.74) is 12.6. The van der Waals surface area contributed by atoms with Gasteiger partial charge in [0.05, 0.1) is 10.9 Å². The van der Waals surface area contributed by atoms with Gasteiger partial charge < -0.3 is 15.2 Å². The van der Waals surface area contributed by atoms with Crippen molar-refractivity contribution in [3.8, 4) is 0 Å². The molecule has 0 unspecified atom stereocenters. The van der Waals surface area contributed by atoms with Crippen LogP contribution in [-0.2, 0) is 19.4 Å². The highest BCUT2D eigenvalue weighted by Crippen LogP contribution is 2.40. The number of aryl methyl sites for hydroxylation is 2. The highest BCUT2D eigenvalue weighted by atomic mass is 15.1. The van der Waals surface area contributed by atoms with E-state index >= 15 is 0 Å². The van der Waals surface area contributed by atoms with Crippen LogP contribution < -0.4 is 5.73 Å². The molecule has 1 aliphatic carbocycles. The summed E-state index contributed by atoms with van der Waals surface area (Å²) in [5.74, 6) is 0. The van der Waals surface area contributed by atoms with Crippen LogP contribution in [-0.4, -0.2) is 35.1 Å². The largest absolute Gasteiger partial charge is 0.398 e. The molecular weight excluding hydrogens is 344 g/mol. The van der Waals surface area contributed by atoms with Crippen molar-refractivity contribution >= 4 is 38.4 Å². The van der Waals surface area contributed by atoms with E-state index in [1.54, 1.807) is 0 Å². The normalized spacial score (nSPS) is 14.4. The van der Waals surface area contributed by atoms with Gasteiger partial charge in [-0.25, -0.2) is 4.98 Å². The first kappa shape index (κ1) is 17.5. The smallest absolute Gasteiger partial charge is 0.143 e. The van der Waals surface area contributed by atoms with Crippen LogP contribution >= 0.6 is 0 Å². The Kier molecular flexibility index (Phi) is 4.24. The van der Waals surface area contributed by atoms with Crippen LogP contribution in [0.4, 0.5) is 5.69 Å². The molecule has 0 saturated carbocycles. The summed E-state index contributed by atoms with van der Waals surface area (Å²) in [7, 11) is 4.26. The molecule has 4 aromatic rings. The Labute approximate surface area is 165 Å². The summed E-state index contributed by atoms with van der Waals surface area (Å²) in [5, 5.41) is 4.98. The molecule has 0 bridgehead atoms. The minimum absolute atomic E-state index is 0.960. The molecular formula is C24H28N4. The van der Waals surface area contributed by atoms with E-state index in [1.807, 2.05) is 0 Å². The second kappa shape index (κ2) is 6.78. The van der Waals surface area contributed by atoms with E-state index in [2.05, 4.69) is 60.0 Å². The van der Waals surface area contributed by atoms with E-state index in [-0.39, 0.29) is 0 Å². The highest BCUT2D eigenvalue weighted by molar-refractivity contribution is 6.23. The fourth-order valence-corrected chi connectivity index (χ4v) is 4.83. The van der Waals surface area contributed by atoms with Crippen LogP contribution in [0, 0.1) is 0 Å². The molecule has 0 saturated heterocycles. The van der Waals surface area contributed by atoms with Crippen LogP contribution in [0.5, 0.6) is 0 Å². The lowest BCUT2D eigenvalue weighted by molar-refractivity contribution is 0.389. The van der Waals surface area contributed by atoms with E-state index in [4.69, 9.17) is 10.7 Å². The van der Waals surface area contributed by atoms with E-state index in [0.717, 1.165) is 49.1 Å². The Bertz CT molecular complexity index is 1190. The molecule has 5 rings (SSSR count). The van der Waals surface area contributed by atoms with Gasteiger partial charge in [0.1, 0.15) is 5.65 Å². The molecule has 144 valence electrons. The van der Waals surface area contributed by atoms with Crippen molar-refractivity contribution in [1.29, 1.82) is 0 Å². The molecule has 4 nitrogen and oxygen atoms in total. The van der Waals surface area contributed by atoms with Crippen LogP contribution in [0.25, 0.3) is 32.7 Å². The summed E-state index contributed by atoms with van der Waals surface area (Å²) >= 11 is 0. The van der Waals surface area contributed by atoms with E-state index in [1.165, 1.54) is 45.8 Å². The maximum atomic E-state index is 6.83. The van der Waals surface area contributed by atoms with E-state index < -0.39 is 0 Å². The molecule has 0 atom stereocenters. The second-order valence-electron chi connectivity index (χ2n) is 8.35. The van der Waals surface area contributed by atoms with Gasteiger partial charge in [0.15, 0.2) is 0 Å². The first-order chi connectivity index (χ1) is 13.6. The number of nitrogens with zero attached hydrogens (tertiary/aromatic N) is 3. The minimum Gasteiger partial charge on any atom is -0.398 e. The van der Waals surface area contributed by atoms with Crippen molar-refractivity contribution in [1.82, 2.24) is 14.5 Å². The number of nitrogen functional groups attached to an aromatic ring is 1. The first-order valence-corrected chi connectivity index (χ1v) is 10.4. The lowest BCUT2D eigenvalue weighted by atomic mass is 9.93. The second-order valence-corrected chi connectivity index (χ2v) is 8.35. The molecule has 2 aromatic heterocycles. The molecule has 2 aromatic carbocycles. The van der Waals surface area contributed by atoms with Crippen LogP contribution in [0.1, 0.15) is 30.5 Å². The predicted octanol–water partition coefficient (Wildman–Crippen LogP) is 4.76. The lowest BCUT2D eigenvalue weighted by Gasteiger charge is -2.18. The Hall–Kier alpha value is -2.59. The highest BCUT2D eigenvalue weighted by Gasteiger charge is 2.22. The first-order valence-electron chi connectivity index (χ1n) is 10.4. The van der Waals surface area contributed by atoms with Gasteiger partial charge >= 0.3 is 0 Å². The SMILES string of the molecule is CN(C)CCCn1c2ccc3ccccc3c2c2c(N)c3c(nc21)CCCC3. The molecule has 0 fully saturated rings. The van der Waals surface area contributed by atoms with Crippen molar-refractivity contribution in [3.63, 3.8) is 0 Å². The molecule has 0 spiro atoms. The minimum atomic E-state index is 0.960.